The molecular formula is C25H22N4O2. The summed E-state index contributed by atoms with van der Waals surface area (Å²) in [5.74, 6) is 0.391. The molecule has 6 nitrogen and oxygen atoms in total. The lowest BCUT2D eigenvalue weighted by Gasteiger charge is -2.02. The molecule has 0 saturated heterocycles. The third-order valence-corrected chi connectivity index (χ3v) is 4.81. The molecule has 1 heterocycles. The number of hydrazone groups is 1. The summed E-state index contributed by atoms with van der Waals surface area (Å²) in [6, 6.07) is 24.9. The predicted molar refractivity (Wildman–Crippen MR) is 122 cm³/mol. The first-order valence-electron chi connectivity index (χ1n) is 9.83. The number of carbonyl (C=O) groups excluding carboxylic acids is 1. The number of amides is 1. The van der Waals surface area contributed by atoms with Crippen LogP contribution in [0.1, 0.15) is 21.5 Å². The van der Waals surface area contributed by atoms with Crippen molar-refractivity contribution < 1.29 is 9.53 Å². The summed E-state index contributed by atoms with van der Waals surface area (Å²) in [5, 5.41) is 8.92. The number of methoxy groups -OCH3 is 1. The first-order chi connectivity index (χ1) is 15.1. The van der Waals surface area contributed by atoms with Gasteiger partial charge in [-0.15, -0.1) is 0 Å². The fraction of sp³-hybridized carbons (Fsp3) is 0.0800. The lowest BCUT2D eigenvalue weighted by Crippen LogP contribution is -2.17. The van der Waals surface area contributed by atoms with Gasteiger partial charge < -0.3 is 4.74 Å². The van der Waals surface area contributed by atoms with Crippen molar-refractivity contribution in [3.05, 3.63) is 102 Å². The van der Waals surface area contributed by atoms with Crippen molar-refractivity contribution in [1.82, 2.24) is 15.2 Å². The van der Waals surface area contributed by atoms with E-state index in [-0.39, 0.29) is 5.91 Å². The minimum Gasteiger partial charge on any atom is -0.497 e. The molecule has 0 radical (unpaired) electrons. The normalized spacial score (nSPS) is 10.9. The zero-order valence-electron chi connectivity index (χ0n) is 17.3. The van der Waals surface area contributed by atoms with Crippen LogP contribution in [0.5, 0.6) is 5.75 Å². The smallest absolute Gasteiger partial charge is 0.271 e. The summed E-state index contributed by atoms with van der Waals surface area (Å²) in [5.41, 5.74) is 7.74. The van der Waals surface area contributed by atoms with Crippen LogP contribution < -0.4 is 10.2 Å². The zero-order chi connectivity index (χ0) is 21.6. The maximum absolute atomic E-state index is 12.4. The summed E-state index contributed by atoms with van der Waals surface area (Å²) in [4.78, 5) is 12.4. The van der Waals surface area contributed by atoms with Gasteiger partial charge in [0.25, 0.3) is 5.91 Å². The molecule has 154 valence electrons. The van der Waals surface area contributed by atoms with Crippen LogP contribution in [0, 0.1) is 6.92 Å². The van der Waals surface area contributed by atoms with Crippen LogP contribution >= 0.6 is 0 Å². The fourth-order valence-corrected chi connectivity index (χ4v) is 3.10. The Kier molecular flexibility index (Phi) is 5.89. The Morgan fingerprint density at radius 2 is 1.71 bits per heavy atom. The molecular weight excluding hydrogens is 388 g/mol. The van der Waals surface area contributed by atoms with E-state index in [0.717, 1.165) is 22.5 Å². The maximum Gasteiger partial charge on any atom is 0.271 e. The van der Waals surface area contributed by atoms with Crippen molar-refractivity contribution in [3.63, 3.8) is 0 Å². The van der Waals surface area contributed by atoms with Crippen LogP contribution in [-0.2, 0) is 0 Å². The summed E-state index contributed by atoms with van der Waals surface area (Å²) in [6.45, 7) is 2.05. The number of nitrogens with one attached hydrogen (secondary N) is 1. The number of ether oxygens (including phenoxy) is 1. The second-order valence-corrected chi connectivity index (χ2v) is 7.01. The minimum absolute atomic E-state index is 0.300. The van der Waals surface area contributed by atoms with Gasteiger partial charge in [-0.2, -0.15) is 10.2 Å². The minimum atomic E-state index is -0.300. The zero-order valence-corrected chi connectivity index (χ0v) is 17.3. The Balaban J connectivity index is 1.60. The summed E-state index contributed by atoms with van der Waals surface area (Å²) in [6.07, 6.45) is 3.51. The fourth-order valence-electron chi connectivity index (χ4n) is 3.10. The molecule has 0 aliphatic heterocycles. The van der Waals surface area contributed by atoms with Crippen LogP contribution in [0.2, 0.25) is 0 Å². The maximum atomic E-state index is 12.4. The van der Waals surface area contributed by atoms with E-state index < -0.39 is 0 Å². The highest BCUT2D eigenvalue weighted by atomic mass is 16.5. The standard InChI is InChI=1S/C25H22N4O2/c1-18-8-10-19(11-9-18)24-21(17-29(28-24)22-6-4-3-5-7-22)16-26-27-25(30)20-12-14-23(31-2)15-13-20/h3-17H,1-2H3,(H,27,30)/b26-16-. The molecule has 1 N–H and O–H groups in total. The van der Waals surface area contributed by atoms with Gasteiger partial charge in [-0.3, -0.25) is 4.79 Å². The van der Waals surface area contributed by atoms with Gasteiger partial charge >= 0.3 is 0 Å². The first-order valence-corrected chi connectivity index (χ1v) is 9.83. The monoisotopic (exact) mass is 410 g/mol. The van der Waals surface area contributed by atoms with Gasteiger partial charge in [-0.05, 0) is 43.3 Å². The third-order valence-electron chi connectivity index (χ3n) is 4.81. The third kappa shape index (κ3) is 4.70. The van der Waals surface area contributed by atoms with Crippen LogP contribution in [0.25, 0.3) is 16.9 Å². The van der Waals surface area contributed by atoms with E-state index in [4.69, 9.17) is 9.84 Å². The number of aromatic nitrogens is 2. The molecule has 0 aliphatic rings. The van der Waals surface area contributed by atoms with E-state index in [1.165, 1.54) is 5.56 Å². The summed E-state index contributed by atoms with van der Waals surface area (Å²) < 4.78 is 6.93. The second kappa shape index (κ2) is 9.09. The number of benzene rings is 3. The van der Waals surface area contributed by atoms with Gasteiger partial charge in [0.05, 0.1) is 19.0 Å². The molecule has 6 heteroatoms. The van der Waals surface area contributed by atoms with E-state index in [2.05, 4.69) is 10.5 Å². The summed E-state index contributed by atoms with van der Waals surface area (Å²) >= 11 is 0. The van der Waals surface area contributed by atoms with E-state index >= 15 is 0 Å². The molecule has 4 rings (SSSR count). The average Bonchev–Trinajstić information content (AvgIpc) is 3.24. The number of hydrogen-bond acceptors (Lipinski definition) is 4. The molecule has 0 spiro atoms. The predicted octanol–water partition coefficient (Wildman–Crippen LogP) is 4.62. The van der Waals surface area contributed by atoms with Crippen LogP contribution in [-0.4, -0.2) is 29.0 Å². The Morgan fingerprint density at radius 1 is 1.00 bits per heavy atom. The topological polar surface area (TPSA) is 68.5 Å². The van der Waals surface area contributed by atoms with Gasteiger partial charge in [-0.1, -0.05) is 48.0 Å². The Morgan fingerprint density at radius 3 is 2.39 bits per heavy atom. The van der Waals surface area contributed by atoms with Gasteiger partial charge in [0, 0.05) is 22.9 Å². The lowest BCUT2D eigenvalue weighted by atomic mass is 10.1. The lowest BCUT2D eigenvalue weighted by molar-refractivity contribution is 0.0955. The van der Waals surface area contributed by atoms with Crippen LogP contribution in [0.15, 0.2) is 90.2 Å². The Labute approximate surface area is 180 Å². The molecule has 0 bridgehead atoms. The van der Waals surface area contributed by atoms with E-state index in [9.17, 15) is 4.79 Å². The highest BCUT2D eigenvalue weighted by Crippen LogP contribution is 2.23. The van der Waals surface area contributed by atoms with Gasteiger partial charge in [0.2, 0.25) is 0 Å². The number of carbonyl (C=O) groups is 1. The quantitative estimate of drug-likeness (QED) is 0.372. The molecule has 1 amide bonds. The van der Waals surface area contributed by atoms with Gasteiger partial charge in [0.1, 0.15) is 11.4 Å². The molecule has 0 saturated carbocycles. The van der Waals surface area contributed by atoms with Crippen molar-refractivity contribution in [2.75, 3.05) is 7.11 Å². The van der Waals surface area contributed by atoms with Crippen molar-refractivity contribution in [2.24, 2.45) is 5.10 Å². The number of aryl methyl sites for hydroxylation is 1. The first kappa shape index (κ1) is 20.1. The second-order valence-electron chi connectivity index (χ2n) is 7.01. The number of nitrogens with zero attached hydrogens (tertiary/aromatic N) is 3. The van der Waals surface area contributed by atoms with Crippen LogP contribution in [0.3, 0.4) is 0 Å². The van der Waals surface area contributed by atoms with Crippen LogP contribution in [0.4, 0.5) is 0 Å². The highest BCUT2D eigenvalue weighted by Gasteiger charge is 2.11. The SMILES string of the molecule is COc1ccc(C(=O)N/N=C\c2cn(-c3ccccc3)nc2-c2ccc(C)cc2)cc1. The van der Waals surface area contributed by atoms with Crippen molar-refractivity contribution in [3.8, 4) is 22.7 Å². The largest absolute Gasteiger partial charge is 0.497 e. The number of rotatable bonds is 6. The van der Waals surface area contributed by atoms with E-state index in [0.29, 0.717) is 11.3 Å². The average molecular weight is 410 g/mol. The van der Waals surface area contributed by atoms with Gasteiger partial charge in [0.15, 0.2) is 0 Å². The number of hydrogen-bond donors (Lipinski definition) is 1. The molecule has 3 aromatic carbocycles. The number of para-hydroxylation sites is 1. The molecule has 4 aromatic rings. The Bertz CT molecular complexity index is 1190. The van der Waals surface area contributed by atoms with Crippen molar-refractivity contribution >= 4 is 12.1 Å². The molecule has 1 aromatic heterocycles. The van der Waals surface area contributed by atoms with Gasteiger partial charge in [-0.25, -0.2) is 10.1 Å². The van der Waals surface area contributed by atoms with E-state index in [1.807, 2.05) is 72.4 Å². The Hall–Kier alpha value is -4.19. The molecule has 0 aliphatic carbocycles. The van der Waals surface area contributed by atoms with Crippen molar-refractivity contribution in [2.45, 2.75) is 6.92 Å². The molecule has 31 heavy (non-hydrogen) atoms. The highest BCUT2D eigenvalue weighted by molar-refractivity contribution is 5.95. The molecule has 0 fully saturated rings. The van der Waals surface area contributed by atoms with E-state index in [1.54, 1.807) is 37.6 Å². The van der Waals surface area contributed by atoms with Crippen molar-refractivity contribution in [1.29, 1.82) is 0 Å². The molecule has 0 atom stereocenters. The molecule has 0 unspecified atom stereocenters. The summed E-state index contributed by atoms with van der Waals surface area (Å²) in [7, 11) is 1.58.